The molecule has 2 fully saturated rings. The molecule has 0 aromatic rings. The predicted octanol–water partition coefficient (Wildman–Crippen LogP) is 0.248. The summed E-state index contributed by atoms with van der Waals surface area (Å²) in [5.74, 6) is 0.427. The van der Waals surface area contributed by atoms with Crippen LogP contribution in [0.25, 0.3) is 0 Å². The van der Waals surface area contributed by atoms with Crippen LogP contribution in [-0.4, -0.2) is 67.0 Å². The Balaban J connectivity index is 1.81. The molecular formula is C14H26N4O2. The second-order valence-electron chi connectivity index (χ2n) is 5.72. The summed E-state index contributed by atoms with van der Waals surface area (Å²) in [6.07, 6.45) is 1.86. The van der Waals surface area contributed by atoms with Crippen molar-refractivity contribution >= 4 is 11.9 Å². The summed E-state index contributed by atoms with van der Waals surface area (Å²) >= 11 is 0. The van der Waals surface area contributed by atoms with E-state index in [0.29, 0.717) is 38.8 Å². The van der Waals surface area contributed by atoms with Gasteiger partial charge in [0.1, 0.15) is 0 Å². The van der Waals surface area contributed by atoms with Gasteiger partial charge in [0.2, 0.25) is 5.91 Å². The van der Waals surface area contributed by atoms with Crippen LogP contribution in [0.2, 0.25) is 0 Å². The minimum absolute atomic E-state index is 0.0184. The van der Waals surface area contributed by atoms with Crippen LogP contribution < -0.4 is 10.6 Å². The fourth-order valence-electron chi connectivity index (χ4n) is 3.01. The zero-order valence-corrected chi connectivity index (χ0v) is 12.5. The lowest BCUT2D eigenvalue weighted by molar-refractivity contribution is -0.138. The molecule has 6 nitrogen and oxygen atoms in total. The van der Waals surface area contributed by atoms with Crippen LogP contribution in [0.1, 0.15) is 26.7 Å². The van der Waals surface area contributed by atoms with Crippen LogP contribution in [0.4, 0.5) is 4.79 Å². The van der Waals surface area contributed by atoms with Gasteiger partial charge in [0.15, 0.2) is 0 Å². The van der Waals surface area contributed by atoms with Gasteiger partial charge in [-0.25, -0.2) is 4.79 Å². The number of rotatable bonds is 2. The summed E-state index contributed by atoms with van der Waals surface area (Å²) in [6, 6.07) is 0.407. The van der Waals surface area contributed by atoms with Crippen molar-refractivity contribution in [2.75, 3.05) is 39.3 Å². The average molecular weight is 282 g/mol. The Hall–Kier alpha value is -1.30. The Labute approximate surface area is 120 Å². The molecule has 2 saturated heterocycles. The number of piperazine rings is 1. The third-order valence-corrected chi connectivity index (χ3v) is 4.18. The van der Waals surface area contributed by atoms with Crippen LogP contribution in [-0.2, 0) is 4.79 Å². The molecule has 0 aromatic carbocycles. The highest BCUT2D eigenvalue weighted by Gasteiger charge is 2.31. The van der Waals surface area contributed by atoms with Crippen LogP contribution in [0.15, 0.2) is 0 Å². The van der Waals surface area contributed by atoms with Crippen LogP contribution in [0, 0.1) is 5.92 Å². The van der Waals surface area contributed by atoms with Crippen molar-refractivity contribution in [3.63, 3.8) is 0 Å². The summed E-state index contributed by atoms with van der Waals surface area (Å²) in [4.78, 5) is 27.9. The van der Waals surface area contributed by atoms with Gasteiger partial charge in [-0.3, -0.25) is 4.79 Å². The maximum atomic E-state index is 12.5. The zero-order valence-electron chi connectivity index (χ0n) is 12.5. The molecule has 0 spiro atoms. The standard InChI is InChI=1S/C14H26N4O2/c1-3-15-14(20)18-8-6-17(7-9-18)13(19)12-4-5-16-11(2)10-12/h11-12,16H,3-10H2,1-2H3,(H,15,20). The lowest BCUT2D eigenvalue weighted by Crippen LogP contribution is -2.55. The van der Waals surface area contributed by atoms with Crippen molar-refractivity contribution in [2.24, 2.45) is 5.92 Å². The first-order chi connectivity index (χ1) is 9.61. The van der Waals surface area contributed by atoms with E-state index in [1.54, 1.807) is 4.90 Å². The smallest absolute Gasteiger partial charge is 0.317 e. The summed E-state index contributed by atoms with van der Waals surface area (Å²) in [6.45, 7) is 8.21. The SMILES string of the molecule is CCNC(=O)N1CCN(C(=O)C2CCNC(C)C2)CC1. The summed E-state index contributed by atoms with van der Waals surface area (Å²) in [7, 11) is 0. The van der Waals surface area contributed by atoms with Crippen molar-refractivity contribution in [1.82, 2.24) is 20.4 Å². The number of hydrogen-bond donors (Lipinski definition) is 2. The molecule has 0 radical (unpaired) electrons. The van der Waals surface area contributed by atoms with Crippen molar-refractivity contribution in [1.29, 1.82) is 0 Å². The van der Waals surface area contributed by atoms with Crippen molar-refractivity contribution < 1.29 is 9.59 Å². The number of carbonyl (C=O) groups excluding carboxylic acids is 2. The molecule has 20 heavy (non-hydrogen) atoms. The molecule has 2 N–H and O–H groups in total. The minimum atomic E-state index is -0.0184. The largest absolute Gasteiger partial charge is 0.339 e. The van der Waals surface area contributed by atoms with Gasteiger partial charge in [0, 0.05) is 44.7 Å². The average Bonchev–Trinajstić information content (AvgIpc) is 2.47. The van der Waals surface area contributed by atoms with Crippen molar-refractivity contribution in [3.8, 4) is 0 Å². The van der Waals surface area contributed by atoms with Gasteiger partial charge < -0.3 is 20.4 Å². The first-order valence-corrected chi connectivity index (χ1v) is 7.66. The van der Waals surface area contributed by atoms with Gasteiger partial charge in [-0.2, -0.15) is 0 Å². The Morgan fingerprint density at radius 2 is 1.85 bits per heavy atom. The van der Waals surface area contributed by atoms with E-state index in [2.05, 4.69) is 17.6 Å². The second-order valence-corrected chi connectivity index (χ2v) is 5.72. The summed E-state index contributed by atoms with van der Waals surface area (Å²) in [5, 5.41) is 6.18. The number of carbonyl (C=O) groups is 2. The molecule has 2 unspecified atom stereocenters. The zero-order chi connectivity index (χ0) is 14.5. The van der Waals surface area contributed by atoms with Crippen LogP contribution in [0.5, 0.6) is 0 Å². The predicted molar refractivity (Wildman–Crippen MR) is 77.4 cm³/mol. The second kappa shape index (κ2) is 6.92. The fraction of sp³-hybridized carbons (Fsp3) is 0.857. The molecule has 6 heteroatoms. The molecule has 0 aromatic heterocycles. The van der Waals surface area contributed by atoms with Crippen LogP contribution >= 0.6 is 0 Å². The third-order valence-electron chi connectivity index (χ3n) is 4.18. The Morgan fingerprint density at radius 3 is 2.45 bits per heavy atom. The molecule has 114 valence electrons. The van der Waals surface area contributed by atoms with Gasteiger partial charge in [0.25, 0.3) is 0 Å². The van der Waals surface area contributed by atoms with E-state index in [1.807, 2.05) is 11.8 Å². The number of nitrogens with one attached hydrogen (secondary N) is 2. The number of urea groups is 1. The van der Waals surface area contributed by atoms with Gasteiger partial charge in [-0.05, 0) is 33.2 Å². The van der Waals surface area contributed by atoms with E-state index < -0.39 is 0 Å². The normalized spacial score (nSPS) is 27.3. The molecule has 0 saturated carbocycles. The number of amides is 3. The highest BCUT2D eigenvalue weighted by molar-refractivity contribution is 5.80. The fourth-order valence-corrected chi connectivity index (χ4v) is 3.01. The minimum Gasteiger partial charge on any atom is -0.339 e. The summed E-state index contributed by atoms with van der Waals surface area (Å²) < 4.78 is 0. The highest BCUT2D eigenvalue weighted by atomic mass is 16.2. The number of nitrogens with zero attached hydrogens (tertiary/aromatic N) is 2. The van der Waals surface area contributed by atoms with E-state index in [0.717, 1.165) is 19.4 Å². The van der Waals surface area contributed by atoms with E-state index in [-0.39, 0.29) is 17.9 Å². The van der Waals surface area contributed by atoms with E-state index in [4.69, 9.17) is 0 Å². The summed E-state index contributed by atoms with van der Waals surface area (Å²) in [5.41, 5.74) is 0. The topological polar surface area (TPSA) is 64.7 Å². The van der Waals surface area contributed by atoms with E-state index in [9.17, 15) is 9.59 Å². The maximum absolute atomic E-state index is 12.5. The van der Waals surface area contributed by atoms with Crippen molar-refractivity contribution in [2.45, 2.75) is 32.7 Å². The maximum Gasteiger partial charge on any atom is 0.317 e. The Morgan fingerprint density at radius 1 is 1.20 bits per heavy atom. The first-order valence-electron chi connectivity index (χ1n) is 7.66. The van der Waals surface area contributed by atoms with E-state index in [1.165, 1.54) is 0 Å². The molecule has 2 aliphatic heterocycles. The molecule has 3 amide bonds. The van der Waals surface area contributed by atoms with E-state index >= 15 is 0 Å². The monoisotopic (exact) mass is 282 g/mol. The number of hydrogen-bond acceptors (Lipinski definition) is 3. The molecule has 2 aliphatic rings. The van der Waals surface area contributed by atoms with Gasteiger partial charge in [-0.1, -0.05) is 0 Å². The molecule has 0 aliphatic carbocycles. The Bertz CT molecular complexity index is 353. The third kappa shape index (κ3) is 3.62. The molecule has 2 heterocycles. The lowest BCUT2D eigenvalue weighted by atomic mass is 9.92. The lowest BCUT2D eigenvalue weighted by Gasteiger charge is -2.38. The van der Waals surface area contributed by atoms with Crippen molar-refractivity contribution in [3.05, 3.63) is 0 Å². The highest BCUT2D eigenvalue weighted by Crippen LogP contribution is 2.19. The molecule has 2 atom stereocenters. The number of piperidine rings is 1. The molecule has 2 rings (SSSR count). The van der Waals surface area contributed by atoms with Gasteiger partial charge in [-0.15, -0.1) is 0 Å². The quantitative estimate of drug-likeness (QED) is 0.763. The van der Waals surface area contributed by atoms with Crippen LogP contribution in [0.3, 0.4) is 0 Å². The molecular weight excluding hydrogens is 256 g/mol. The van der Waals surface area contributed by atoms with Gasteiger partial charge >= 0.3 is 6.03 Å². The first kappa shape index (κ1) is 15.1. The molecule has 0 bridgehead atoms. The van der Waals surface area contributed by atoms with Gasteiger partial charge in [0.05, 0.1) is 0 Å². The Kier molecular flexibility index (Phi) is 5.23.